The van der Waals surface area contributed by atoms with Crippen LogP contribution in [0.1, 0.15) is 18.4 Å². The van der Waals surface area contributed by atoms with E-state index in [0.29, 0.717) is 34.9 Å². The van der Waals surface area contributed by atoms with E-state index >= 15 is 0 Å². The summed E-state index contributed by atoms with van der Waals surface area (Å²) in [6, 6.07) is 5.50. The van der Waals surface area contributed by atoms with Crippen LogP contribution in [0.15, 0.2) is 23.9 Å². The van der Waals surface area contributed by atoms with Crippen LogP contribution in [-0.4, -0.2) is 94.2 Å². The summed E-state index contributed by atoms with van der Waals surface area (Å²) in [6.45, 7) is 2.44. The molecule has 2 aliphatic rings. The van der Waals surface area contributed by atoms with E-state index in [1.54, 1.807) is 39.5 Å². The van der Waals surface area contributed by atoms with Crippen molar-refractivity contribution >= 4 is 17.4 Å². The van der Waals surface area contributed by atoms with Crippen molar-refractivity contribution in [3.05, 3.63) is 29.5 Å². The van der Waals surface area contributed by atoms with Crippen molar-refractivity contribution < 1.29 is 23.8 Å². The fraction of sp³-hybridized carbons (Fsp3) is 0.545. The third-order valence-electron chi connectivity index (χ3n) is 5.92. The summed E-state index contributed by atoms with van der Waals surface area (Å²) in [4.78, 5) is 32.2. The highest BCUT2D eigenvalue weighted by atomic mass is 16.5. The number of likely N-dealkylation sites (N-methyl/N-ethyl adjacent to an activating group) is 1. The fourth-order valence-electron chi connectivity index (χ4n) is 4.09. The van der Waals surface area contributed by atoms with Crippen LogP contribution in [0.4, 0.5) is 0 Å². The second-order valence-electron chi connectivity index (χ2n) is 7.69. The highest BCUT2D eigenvalue weighted by Crippen LogP contribution is 2.37. The molecule has 0 N–H and O–H groups in total. The van der Waals surface area contributed by atoms with E-state index < -0.39 is 0 Å². The largest absolute Gasteiger partial charge is 0.493 e. The lowest BCUT2D eigenvalue weighted by Crippen LogP contribution is -2.44. The zero-order chi connectivity index (χ0) is 21.8. The molecule has 1 aromatic rings. The Kier molecular flexibility index (Phi) is 6.99. The van der Waals surface area contributed by atoms with Gasteiger partial charge < -0.3 is 24.0 Å². The molecule has 8 nitrogen and oxygen atoms in total. The van der Waals surface area contributed by atoms with E-state index in [2.05, 4.69) is 11.9 Å². The molecule has 0 unspecified atom stereocenters. The molecule has 0 atom stereocenters. The summed E-state index contributed by atoms with van der Waals surface area (Å²) >= 11 is 0. The van der Waals surface area contributed by atoms with Crippen LogP contribution in [0.2, 0.25) is 0 Å². The third-order valence-corrected chi connectivity index (χ3v) is 5.92. The van der Waals surface area contributed by atoms with Crippen molar-refractivity contribution in [3.8, 4) is 11.5 Å². The van der Waals surface area contributed by atoms with Crippen LogP contribution in [0.25, 0.3) is 5.57 Å². The van der Waals surface area contributed by atoms with Gasteiger partial charge in [0.15, 0.2) is 11.5 Å². The molecule has 2 amide bonds. The Morgan fingerprint density at radius 1 is 1.03 bits per heavy atom. The first-order valence-corrected chi connectivity index (χ1v) is 10.2. The maximum atomic E-state index is 13.3. The first-order valence-electron chi connectivity index (χ1n) is 10.2. The molecule has 0 spiro atoms. The van der Waals surface area contributed by atoms with Gasteiger partial charge in [0.1, 0.15) is 5.70 Å². The molecule has 2 aliphatic heterocycles. The highest BCUT2D eigenvalue weighted by Gasteiger charge is 2.42. The van der Waals surface area contributed by atoms with Crippen LogP contribution in [0, 0.1) is 0 Å². The second kappa shape index (κ2) is 9.49. The smallest absolute Gasteiger partial charge is 0.277 e. The molecule has 2 heterocycles. The van der Waals surface area contributed by atoms with E-state index in [1.807, 2.05) is 11.9 Å². The fourth-order valence-corrected chi connectivity index (χ4v) is 4.09. The summed E-state index contributed by atoms with van der Waals surface area (Å²) < 4.78 is 15.8. The molecule has 1 aromatic carbocycles. The van der Waals surface area contributed by atoms with Gasteiger partial charge in [-0.05, 0) is 50.7 Å². The number of imide groups is 1. The number of piperidine rings is 1. The van der Waals surface area contributed by atoms with E-state index in [4.69, 9.17) is 14.2 Å². The predicted molar refractivity (Wildman–Crippen MR) is 113 cm³/mol. The molecular formula is C22H31N3O5. The lowest BCUT2D eigenvalue weighted by atomic mass is 10.00. The summed E-state index contributed by atoms with van der Waals surface area (Å²) in [5, 5.41) is 0. The summed E-state index contributed by atoms with van der Waals surface area (Å²) in [7, 11) is 8.68. The minimum atomic E-state index is -0.306. The van der Waals surface area contributed by atoms with Crippen LogP contribution >= 0.6 is 0 Å². The van der Waals surface area contributed by atoms with Gasteiger partial charge in [0, 0.05) is 20.2 Å². The first kappa shape index (κ1) is 22.1. The Balaban J connectivity index is 2.04. The predicted octanol–water partition coefficient (Wildman–Crippen LogP) is 1.46. The Bertz CT molecular complexity index is 830. The quantitative estimate of drug-likeness (QED) is 0.593. The van der Waals surface area contributed by atoms with Crippen LogP contribution in [-0.2, 0) is 14.3 Å². The number of hydrogen-bond donors (Lipinski definition) is 0. The molecule has 0 bridgehead atoms. The van der Waals surface area contributed by atoms with Crippen molar-refractivity contribution in [3.63, 3.8) is 0 Å². The number of likely N-dealkylation sites (tertiary alicyclic amines) is 1. The molecule has 0 aliphatic carbocycles. The maximum Gasteiger partial charge on any atom is 0.277 e. The number of methoxy groups -OCH3 is 3. The number of ether oxygens (including phenoxy) is 3. The molecule has 3 rings (SSSR count). The van der Waals surface area contributed by atoms with Gasteiger partial charge in [0.05, 0.1) is 32.9 Å². The number of carbonyl (C=O) groups is 2. The number of rotatable bonds is 8. The summed E-state index contributed by atoms with van der Waals surface area (Å²) in [5.41, 5.74) is 1.48. The van der Waals surface area contributed by atoms with Crippen LogP contribution in [0.5, 0.6) is 11.5 Å². The van der Waals surface area contributed by atoms with Crippen molar-refractivity contribution in [2.24, 2.45) is 0 Å². The zero-order valence-electron chi connectivity index (χ0n) is 18.4. The monoisotopic (exact) mass is 417 g/mol. The standard InChI is InChI=1S/C22H31N3O5/c1-23-10-8-16(9-11-23)24(2)20-19(21(26)25(22(20)27)12-13-28-3)15-6-7-17(29-4)18(14-15)30-5/h6-7,14,16H,8-13H2,1-5H3. The van der Waals surface area contributed by atoms with E-state index in [-0.39, 0.29) is 24.4 Å². The SMILES string of the molecule is COCCN1C(=O)C(c2ccc(OC)c(OC)c2)=C(N(C)C2CCN(C)CC2)C1=O. The number of hydrogen-bond acceptors (Lipinski definition) is 7. The summed E-state index contributed by atoms with van der Waals surface area (Å²) in [6.07, 6.45) is 1.88. The van der Waals surface area contributed by atoms with Gasteiger partial charge in [-0.2, -0.15) is 0 Å². The van der Waals surface area contributed by atoms with E-state index in [9.17, 15) is 9.59 Å². The maximum absolute atomic E-state index is 13.3. The Hall–Kier alpha value is -2.58. The van der Waals surface area contributed by atoms with Gasteiger partial charge in [-0.25, -0.2) is 0 Å². The molecule has 30 heavy (non-hydrogen) atoms. The minimum Gasteiger partial charge on any atom is -0.493 e. The van der Waals surface area contributed by atoms with E-state index in [0.717, 1.165) is 25.9 Å². The van der Waals surface area contributed by atoms with Gasteiger partial charge in [0.25, 0.3) is 11.8 Å². The van der Waals surface area contributed by atoms with Crippen LogP contribution < -0.4 is 9.47 Å². The van der Waals surface area contributed by atoms with Crippen LogP contribution in [0.3, 0.4) is 0 Å². The van der Waals surface area contributed by atoms with Gasteiger partial charge in [-0.1, -0.05) is 6.07 Å². The number of benzene rings is 1. The second-order valence-corrected chi connectivity index (χ2v) is 7.69. The molecule has 164 valence electrons. The van der Waals surface area contributed by atoms with Gasteiger partial charge in [-0.15, -0.1) is 0 Å². The normalized spacial score (nSPS) is 18.4. The average Bonchev–Trinajstić information content (AvgIpc) is 3.01. The zero-order valence-corrected chi connectivity index (χ0v) is 18.4. The number of nitrogens with zero attached hydrogens (tertiary/aromatic N) is 3. The first-order chi connectivity index (χ1) is 14.4. The number of carbonyl (C=O) groups excluding carboxylic acids is 2. The van der Waals surface area contributed by atoms with E-state index in [1.165, 1.54) is 4.90 Å². The molecule has 1 saturated heterocycles. The molecule has 0 aromatic heterocycles. The molecular weight excluding hydrogens is 386 g/mol. The Morgan fingerprint density at radius 2 is 1.70 bits per heavy atom. The molecule has 0 radical (unpaired) electrons. The van der Waals surface area contributed by atoms with Gasteiger partial charge in [-0.3, -0.25) is 14.5 Å². The number of amides is 2. The minimum absolute atomic E-state index is 0.200. The van der Waals surface area contributed by atoms with Crippen molar-refractivity contribution in [2.75, 3.05) is 61.7 Å². The topological polar surface area (TPSA) is 71.6 Å². The lowest BCUT2D eigenvalue weighted by Gasteiger charge is -2.36. The summed E-state index contributed by atoms with van der Waals surface area (Å²) in [5.74, 6) is 0.502. The van der Waals surface area contributed by atoms with Gasteiger partial charge in [0.2, 0.25) is 0 Å². The average molecular weight is 418 g/mol. The molecule has 8 heteroatoms. The van der Waals surface area contributed by atoms with Gasteiger partial charge >= 0.3 is 0 Å². The Morgan fingerprint density at radius 3 is 2.30 bits per heavy atom. The highest BCUT2D eigenvalue weighted by molar-refractivity contribution is 6.35. The Labute approximate surface area is 178 Å². The lowest BCUT2D eigenvalue weighted by molar-refractivity contribution is -0.138. The molecule has 1 fully saturated rings. The van der Waals surface area contributed by atoms with Crippen molar-refractivity contribution in [2.45, 2.75) is 18.9 Å². The third kappa shape index (κ3) is 4.15. The van der Waals surface area contributed by atoms with Crippen molar-refractivity contribution in [1.29, 1.82) is 0 Å². The molecule has 0 saturated carbocycles. The van der Waals surface area contributed by atoms with Crippen molar-refractivity contribution in [1.82, 2.24) is 14.7 Å².